The Hall–Kier alpha value is -1.72. The van der Waals surface area contributed by atoms with Crippen LogP contribution < -0.4 is 4.74 Å². The Morgan fingerprint density at radius 3 is 2.17 bits per heavy atom. The highest BCUT2D eigenvalue weighted by atomic mass is 19.4. The highest BCUT2D eigenvalue weighted by Gasteiger charge is 2.25. The van der Waals surface area contributed by atoms with E-state index in [9.17, 15) is 18.0 Å². The topological polar surface area (TPSA) is 46.5 Å². The van der Waals surface area contributed by atoms with Gasteiger partial charge in [-0.25, -0.2) is 4.79 Å². The molecule has 0 atom stereocenters. The van der Waals surface area contributed by atoms with Crippen LogP contribution in [0.5, 0.6) is 5.75 Å². The molecule has 1 rings (SSSR count). The van der Waals surface area contributed by atoms with Crippen LogP contribution >= 0.6 is 0 Å². The Kier molecular flexibility index (Phi) is 9.27. The van der Waals surface area contributed by atoms with Crippen LogP contribution in [0.3, 0.4) is 0 Å². The van der Waals surface area contributed by atoms with E-state index < -0.39 is 18.6 Å². The Balaban J connectivity index is 2.12. The lowest BCUT2D eigenvalue weighted by Crippen LogP contribution is -2.10. The minimum atomic E-state index is -4.03. The molecule has 1 aromatic rings. The number of aryl methyl sites for hydroxylation is 1. The number of hydrogen-bond donors (Lipinski definition) is 1. The first-order valence-corrected chi connectivity index (χ1v) is 8.38. The number of rotatable bonds is 12. The van der Waals surface area contributed by atoms with Gasteiger partial charge >= 0.3 is 12.1 Å². The lowest BCUT2D eigenvalue weighted by Gasteiger charge is -2.10. The number of carboxylic acids is 1. The van der Waals surface area contributed by atoms with E-state index in [1.54, 1.807) is 6.07 Å². The van der Waals surface area contributed by atoms with Crippen LogP contribution in [0.15, 0.2) is 24.3 Å². The molecule has 0 aliphatic carbocycles. The largest absolute Gasteiger partial charge is 0.482 e. The number of para-hydroxylation sites is 1. The van der Waals surface area contributed by atoms with E-state index in [2.05, 4.69) is 0 Å². The van der Waals surface area contributed by atoms with Gasteiger partial charge in [0.05, 0.1) is 0 Å². The van der Waals surface area contributed by atoms with Crippen molar-refractivity contribution in [3.05, 3.63) is 29.8 Å². The summed E-state index contributed by atoms with van der Waals surface area (Å²) in [6.45, 7) is -0.352. The van der Waals surface area contributed by atoms with Crippen LogP contribution in [0.4, 0.5) is 13.2 Å². The molecule has 0 aliphatic rings. The van der Waals surface area contributed by atoms with Gasteiger partial charge in [-0.15, -0.1) is 0 Å². The van der Waals surface area contributed by atoms with Gasteiger partial charge in [-0.3, -0.25) is 0 Å². The molecule has 0 bridgehead atoms. The summed E-state index contributed by atoms with van der Waals surface area (Å²) in [5, 5.41) is 8.66. The standard InChI is InChI=1S/C18H25F3O3/c19-18(20,21)13-9-5-3-1-2-4-6-10-15-11-7-8-12-16(15)24-14-17(22)23/h7-8,11-12H,1-6,9-10,13-14H2,(H,22,23). The van der Waals surface area contributed by atoms with Crippen molar-refractivity contribution < 1.29 is 27.8 Å². The molecule has 0 amide bonds. The minimum Gasteiger partial charge on any atom is -0.482 e. The molecular weight excluding hydrogens is 321 g/mol. The fraction of sp³-hybridized carbons (Fsp3) is 0.611. The maximum absolute atomic E-state index is 12.0. The lowest BCUT2D eigenvalue weighted by atomic mass is 10.0. The zero-order valence-electron chi connectivity index (χ0n) is 13.8. The third kappa shape index (κ3) is 10.1. The number of hydrogen-bond acceptors (Lipinski definition) is 2. The predicted molar refractivity (Wildman–Crippen MR) is 86.3 cm³/mol. The molecule has 0 heterocycles. The number of carboxylic acid groups (broad SMARTS) is 1. The van der Waals surface area contributed by atoms with E-state index in [0.29, 0.717) is 12.2 Å². The zero-order valence-corrected chi connectivity index (χ0v) is 13.8. The molecule has 0 unspecified atom stereocenters. The molecule has 0 fully saturated rings. The second-order valence-corrected chi connectivity index (χ2v) is 5.88. The van der Waals surface area contributed by atoms with Crippen molar-refractivity contribution in [1.82, 2.24) is 0 Å². The summed E-state index contributed by atoms with van der Waals surface area (Å²) in [5.74, 6) is -0.401. The van der Waals surface area contributed by atoms with Crippen molar-refractivity contribution in [2.45, 2.75) is 64.0 Å². The molecule has 6 heteroatoms. The van der Waals surface area contributed by atoms with E-state index in [1.807, 2.05) is 18.2 Å². The summed E-state index contributed by atoms with van der Waals surface area (Å²) in [5.41, 5.74) is 0.990. The van der Waals surface area contributed by atoms with Crippen LogP contribution in [0.1, 0.15) is 56.9 Å². The molecule has 0 saturated heterocycles. The zero-order chi connectivity index (χ0) is 17.8. The first-order chi connectivity index (χ1) is 11.4. The molecule has 3 nitrogen and oxygen atoms in total. The number of aliphatic carboxylic acids is 1. The van der Waals surface area contributed by atoms with Crippen LogP contribution in [-0.2, 0) is 11.2 Å². The van der Waals surface area contributed by atoms with Gasteiger partial charge in [-0.05, 0) is 30.9 Å². The van der Waals surface area contributed by atoms with Gasteiger partial charge in [-0.2, -0.15) is 13.2 Å². The normalized spacial score (nSPS) is 11.5. The molecule has 24 heavy (non-hydrogen) atoms. The monoisotopic (exact) mass is 346 g/mol. The van der Waals surface area contributed by atoms with Crippen molar-refractivity contribution in [3.63, 3.8) is 0 Å². The van der Waals surface area contributed by atoms with Crippen molar-refractivity contribution in [1.29, 1.82) is 0 Å². The second kappa shape index (κ2) is 10.9. The maximum atomic E-state index is 12.0. The van der Waals surface area contributed by atoms with E-state index in [0.717, 1.165) is 44.1 Å². The Bertz CT molecular complexity index is 487. The molecular formula is C18H25F3O3. The summed E-state index contributed by atoms with van der Waals surface area (Å²) < 4.78 is 41.2. The Morgan fingerprint density at radius 1 is 0.958 bits per heavy atom. The van der Waals surface area contributed by atoms with Gasteiger partial charge in [0.2, 0.25) is 0 Å². The number of halogens is 3. The van der Waals surface area contributed by atoms with Gasteiger partial charge < -0.3 is 9.84 Å². The molecule has 0 spiro atoms. The minimum absolute atomic E-state index is 0.220. The van der Waals surface area contributed by atoms with Crippen LogP contribution in [0.2, 0.25) is 0 Å². The fourth-order valence-electron chi connectivity index (χ4n) is 2.52. The summed E-state index contributed by atoms with van der Waals surface area (Å²) >= 11 is 0. The first kappa shape index (κ1) is 20.3. The quantitative estimate of drug-likeness (QED) is 0.517. The van der Waals surface area contributed by atoms with Crippen LogP contribution in [0.25, 0.3) is 0 Å². The fourth-order valence-corrected chi connectivity index (χ4v) is 2.52. The average Bonchev–Trinajstić information content (AvgIpc) is 2.51. The first-order valence-electron chi connectivity index (χ1n) is 8.38. The third-order valence-corrected chi connectivity index (χ3v) is 3.73. The van der Waals surface area contributed by atoms with Gasteiger partial charge in [0.1, 0.15) is 5.75 Å². The van der Waals surface area contributed by atoms with Gasteiger partial charge in [0, 0.05) is 6.42 Å². The smallest absolute Gasteiger partial charge is 0.389 e. The Labute approximate surface area is 140 Å². The highest BCUT2D eigenvalue weighted by Crippen LogP contribution is 2.23. The summed E-state index contributed by atoms with van der Waals surface area (Å²) in [6, 6.07) is 7.39. The number of unbranched alkanes of at least 4 members (excludes halogenated alkanes) is 6. The summed E-state index contributed by atoms with van der Waals surface area (Å²) in [7, 11) is 0. The van der Waals surface area contributed by atoms with Crippen molar-refractivity contribution in [3.8, 4) is 5.75 Å². The number of carbonyl (C=O) groups is 1. The molecule has 0 aliphatic heterocycles. The molecule has 0 radical (unpaired) electrons. The SMILES string of the molecule is O=C(O)COc1ccccc1CCCCCCCCCC(F)(F)F. The van der Waals surface area contributed by atoms with E-state index in [-0.39, 0.29) is 13.0 Å². The van der Waals surface area contributed by atoms with Gasteiger partial charge in [0.25, 0.3) is 0 Å². The number of ether oxygens (including phenoxy) is 1. The van der Waals surface area contributed by atoms with E-state index in [4.69, 9.17) is 9.84 Å². The summed E-state index contributed by atoms with van der Waals surface area (Å²) in [6.07, 6.45) is 1.71. The van der Waals surface area contributed by atoms with Gasteiger partial charge in [0.15, 0.2) is 6.61 Å². The highest BCUT2D eigenvalue weighted by molar-refractivity contribution is 5.68. The number of alkyl halides is 3. The average molecular weight is 346 g/mol. The third-order valence-electron chi connectivity index (χ3n) is 3.73. The predicted octanol–water partition coefficient (Wildman–Crippen LogP) is 5.38. The second-order valence-electron chi connectivity index (χ2n) is 5.88. The molecule has 1 N–H and O–H groups in total. The van der Waals surface area contributed by atoms with Gasteiger partial charge in [-0.1, -0.05) is 50.3 Å². The maximum Gasteiger partial charge on any atom is 0.389 e. The van der Waals surface area contributed by atoms with Crippen LogP contribution in [-0.4, -0.2) is 23.9 Å². The number of benzene rings is 1. The van der Waals surface area contributed by atoms with Crippen LogP contribution in [0, 0.1) is 0 Å². The van der Waals surface area contributed by atoms with E-state index >= 15 is 0 Å². The summed E-state index contributed by atoms with van der Waals surface area (Å²) in [4.78, 5) is 10.6. The molecule has 0 saturated carbocycles. The lowest BCUT2D eigenvalue weighted by molar-refractivity contribution is -0.139. The van der Waals surface area contributed by atoms with E-state index in [1.165, 1.54) is 0 Å². The van der Waals surface area contributed by atoms with Crippen molar-refractivity contribution in [2.24, 2.45) is 0 Å². The van der Waals surface area contributed by atoms with Crippen molar-refractivity contribution >= 4 is 5.97 Å². The Morgan fingerprint density at radius 2 is 1.54 bits per heavy atom. The molecule has 1 aromatic carbocycles. The molecule has 136 valence electrons. The molecule has 0 aromatic heterocycles. The van der Waals surface area contributed by atoms with Crippen molar-refractivity contribution in [2.75, 3.05) is 6.61 Å².